The summed E-state index contributed by atoms with van der Waals surface area (Å²) < 4.78 is 5.47. The van der Waals surface area contributed by atoms with Gasteiger partial charge in [0, 0.05) is 11.4 Å². The molecule has 0 radical (unpaired) electrons. The lowest BCUT2D eigenvalue weighted by Gasteiger charge is -2.09. The first kappa shape index (κ1) is 11.2. The third-order valence-corrected chi connectivity index (χ3v) is 2.54. The Hall–Kier alpha value is -1.26. The van der Waals surface area contributed by atoms with E-state index in [2.05, 4.69) is 5.48 Å². The quantitative estimate of drug-likeness (QED) is 0.820. The van der Waals surface area contributed by atoms with Gasteiger partial charge in [-0.1, -0.05) is 11.6 Å². The number of carbonyl (C=O) groups excluding carboxylic acids is 1. The summed E-state index contributed by atoms with van der Waals surface area (Å²) in [5, 5.41) is 0.646. The summed E-state index contributed by atoms with van der Waals surface area (Å²) in [4.78, 5) is 16.4. The van der Waals surface area contributed by atoms with Gasteiger partial charge in [-0.05, 0) is 30.7 Å². The minimum Gasteiger partial charge on any atom is -0.480 e. The largest absolute Gasteiger partial charge is 0.480 e. The zero-order valence-corrected chi connectivity index (χ0v) is 9.58. The van der Waals surface area contributed by atoms with Crippen molar-refractivity contribution in [3.8, 4) is 5.75 Å². The molecule has 0 bridgehead atoms. The molecular weight excluding hydrogens is 230 g/mol. The van der Waals surface area contributed by atoms with Crippen LogP contribution in [0.1, 0.15) is 12.5 Å². The van der Waals surface area contributed by atoms with Gasteiger partial charge in [-0.3, -0.25) is 9.63 Å². The maximum absolute atomic E-state index is 11.6. The lowest BCUT2D eigenvalue weighted by atomic mass is 10.1. The van der Waals surface area contributed by atoms with Crippen LogP contribution in [0.25, 0.3) is 0 Å². The Bertz CT molecular complexity index is 408. The summed E-state index contributed by atoms with van der Waals surface area (Å²) in [6.07, 6.45) is -0.00514. The van der Waals surface area contributed by atoms with Crippen LogP contribution in [0.3, 0.4) is 0 Å². The van der Waals surface area contributed by atoms with Gasteiger partial charge in [0.2, 0.25) is 0 Å². The van der Waals surface area contributed by atoms with Crippen LogP contribution in [0.4, 0.5) is 0 Å². The molecule has 16 heavy (non-hydrogen) atoms. The average Bonchev–Trinajstić information content (AvgIpc) is 2.68. The van der Waals surface area contributed by atoms with E-state index >= 15 is 0 Å². The molecule has 0 aromatic heterocycles. The Morgan fingerprint density at radius 2 is 2.50 bits per heavy atom. The van der Waals surface area contributed by atoms with E-state index in [1.807, 2.05) is 6.07 Å². The van der Waals surface area contributed by atoms with Crippen LogP contribution < -0.4 is 10.2 Å². The van der Waals surface area contributed by atoms with Crippen molar-refractivity contribution in [2.45, 2.75) is 19.4 Å². The molecule has 1 heterocycles. The summed E-state index contributed by atoms with van der Waals surface area (Å²) in [5.41, 5.74) is 3.28. The van der Waals surface area contributed by atoms with Crippen molar-refractivity contribution in [2.24, 2.45) is 0 Å². The fourth-order valence-electron chi connectivity index (χ4n) is 1.57. The number of hydrogen-bond donors (Lipinski definition) is 1. The molecule has 1 atom stereocenters. The van der Waals surface area contributed by atoms with Gasteiger partial charge >= 0.3 is 0 Å². The number of hydrogen-bond acceptors (Lipinski definition) is 3. The molecule has 1 aromatic carbocycles. The van der Waals surface area contributed by atoms with Gasteiger partial charge in [-0.2, -0.15) is 0 Å². The monoisotopic (exact) mass is 241 g/mol. The molecule has 86 valence electrons. The minimum atomic E-state index is -0.528. The lowest BCUT2D eigenvalue weighted by Crippen LogP contribution is -2.37. The summed E-state index contributed by atoms with van der Waals surface area (Å²) in [5.74, 6) is 0.440. The average molecular weight is 242 g/mol. The highest BCUT2D eigenvalue weighted by Crippen LogP contribution is 2.30. The van der Waals surface area contributed by atoms with Crippen LogP contribution in [0.15, 0.2) is 18.2 Å². The number of carbonyl (C=O) groups is 1. The third-order valence-electron chi connectivity index (χ3n) is 2.31. The second kappa shape index (κ2) is 4.72. The molecule has 0 aliphatic carbocycles. The number of nitrogens with one attached hydrogen (secondary N) is 1. The van der Waals surface area contributed by atoms with Crippen LogP contribution >= 0.6 is 11.6 Å². The Balaban J connectivity index is 2.02. The zero-order valence-electron chi connectivity index (χ0n) is 8.83. The maximum Gasteiger partial charge on any atom is 0.284 e. The van der Waals surface area contributed by atoms with Crippen LogP contribution in [0.5, 0.6) is 5.75 Å². The van der Waals surface area contributed by atoms with Crippen LogP contribution in [-0.4, -0.2) is 18.6 Å². The van der Waals surface area contributed by atoms with Crippen molar-refractivity contribution in [3.05, 3.63) is 28.8 Å². The van der Waals surface area contributed by atoms with Gasteiger partial charge in [-0.25, -0.2) is 5.48 Å². The van der Waals surface area contributed by atoms with Crippen molar-refractivity contribution in [1.82, 2.24) is 5.48 Å². The van der Waals surface area contributed by atoms with Gasteiger partial charge in [0.25, 0.3) is 5.91 Å². The first-order valence-electron chi connectivity index (χ1n) is 5.07. The SMILES string of the molecule is CCONC(=O)C1Cc2cc(Cl)ccc2O1. The number of benzene rings is 1. The van der Waals surface area contributed by atoms with Crippen molar-refractivity contribution < 1.29 is 14.4 Å². The molecule has 1 amide bonds. The summed E-state index contributed by atoms with van der Waals surface area (Å²) in [7, 11) is 0. The lowest BCUT2D eigenvalue weighted by molar-refractivity contribution is -0.139. The third kappa shape index (κ3) is 2.28. The van der Waals surface area contributed by atoms with Crippen LogP contribution in [0, 0.1) is 0 Å². The maximum atomic E-state index is 11.6. The Kier molecular flexibility index (Phi) is 3.31. The highest BCUT2D eigenvalue weighted by Gasteiger charge is 2.29. The molecule has 0 fully saturated rings. The molecule has 0 spiro atoms. The zero-order chi connectivity index (χ0) is 11.5. The van der Waals surface area contributed by atoms with E-state index in [1.165, 1.54) is 0 Å². The van der Waals surface area contributed by atoms with Crippen LogP contribution in [-0.2, 0) is 16.1 Å². The van der Waals surface area contributed by atoms with E-state index < -0.39 is 6.10 Å². The molecule has 2 rings (SSSR count). The van der Waals surface area contributed by atoms with E-state index in [9.17, 15) is 4.79 Å². The molecule has 0 saturated carbocycles. The molecule has 1 unspecified atom stereocenters. The van der Waals surface area contributed by atoms with Crippen molar-refractivity contribution in [2.75, 3.05) is 6.61 Å². The number of amides is 1. The van der Waals surface area contributed by atoms with E-state index in [0.29, 0.717) is 23.8 Å². The van der Waals surface area contributed by atoms with E-state index in [4.69, 9.17) is 21.2 Å². The second-order valence-electron chi connectivity index (χ2n) is 3.46. The highest BCUT2D eigenvalue weighted by atomic mass is 35.5. The number of halogens is 1. The number of rotatable bonds is 3. The highest BCUT2D eigenvalue weighted by molar-refractivity contribution is 6.30. The predicted octanol–water partition coefficient (Wildman–Crippen LogP) is 1.71. The van der Waals surface area contributed by atoms with Crippen molar-refractivity contribution >= 4 is 17.5 Å². The summed E-state index contributed by atoms with van der Waals surface area (Å²) >= 11 is 5.85. The molecular formula is C11H12ClNO3. The minimum absolute atomic E-state index is 0.269. The molecule has 5 heteroatoms. The molecule has 0 saturated heterocycles. The number of hydroxylamine groups is 1. The number of ether oxygens (including phenoxy) is 1. The standard InChI is InChI=1S/C11H12ClNO3/c1-2-15-13-11(14)10-6-7-5-8(12)3-4-9(7)16-10/h3-5,10H,2,6H2,1H3,(H,13,14). The van der Waals surface area contributed by atoms with Gasteiger partial charge in [0.05, 0.1) is 6.61 Å². The first-order chi connectivity index (χ1) is 7.70. The van der Waals surface area contributed by atoms with E-state index in [1.54, 1.807) is 19.1 Å². The van der Waals surface area contributed by atoms with E-state index in [-0.39, 0.29) is 5.91 Å². The molecule has 4 nitrogen and oxygen atoms in total. The fraction of sp³-hybridized carbons (Fsp3) is 0.364. The topological polar surface area (TPSA) is 47.6 Å². The normalized spacial score (nSPS) is 17.8. The van der Waals surface area contributed by atoms with Crippen LogP contribution in [0.2, 0.25) is 5.02 Å². The second-order valence-corrected chi connectivity index (χ2v) is 3.90. The Labute approximate surface area is 98.4 Å². The van der Waals surface area contributed by atoms with Crippen molar-refractivity contribution in [3.63, 3.8) is 0 Å². The smallest absolute Gasteiger partial charge is 0.284 e. The summed E-state index contributed by atoms with van der Waals surface area (Å²) in [6, 6.07) is 5.32. The van der Waals surface area contributed by atoms with Crippen molar-refractivity contribution in [1.29, 1.82) is 0 Å². The van der Waals surface area contributed by atoms with E-state index in [0.717, 1.165) is 5.56 Å². The van der Waals surface area contributed by atoms with Gasteiger partial charge in [0.1, 0.15) is 5.75 Å². The predicted molar refractivity (Wildman–Crippen MR) is 59.3 cm³/mol. The fourth-order valence-corrected chi connectivity index (χ4v) is 1.77. The Morgan fingerprint density at radius 3 is 3.25 bits per heavy atom. The first-order valence-corrected chi connectivity index (χ1v) is 5.45. The van der Waals surface area contributed by atoms with Gasteiger partial charge < -0.3 is 4.74 Å². The van der Waals surface area contributed by atoms with Gasteiger partial charge in [-0.15, -0.1) is 0 Å². The Morgan fingerprint density at radius 1 is 1.69 bits per heavy atom. The van der Waals surface area contributed by atoms with Gasteiger partial charge in [0.15, 0.2) is 6.10 Å². The number of fused-ring (bicyclic) bond motifs is 1. The summed E-state index contributed by atoms with van der Waals surface area (Å²) in [6.45, 7) is 2.22. The molecule has 1 aliphatic rings. The molecule has 1 aromatic rings. The molecule has 1 aliphatic heterocycles. The molecule has 1 N–H and O–H groups in total.